The van der Waals surface area contributed by atoms with Crippen molar-refractivity contribution in [2.75, 3.05) is 19.6 Å². The minimum absolute atomic E-state index is 0.0526. The van der Waals surface area contributed by atoms with E-state index in [0.717, 1.165) is 24.7 Å². The Bertz CT molecular complexity index is 470. The highest BCUT2D eigenvalue weighted by Crippen LogP contribution is 2.28. The average molecular weight is 301 g/mol. The summed E-state index contributed by atoms with van der Waals surface area (Å²) in [6.45, 7) is 3.75. The Kier molecular flexibility index (Phi) is 5.33. The maximum Gasteiger partial charge on any atom is 0.315 e. The number of carbonyl (C=O) groups is 1. The Morgan fingerprint density at radius 1 is 1.09 bits per heavy atom. The van der Waals surface area contributed by atoms with Crippen molar-refractivity contribution < 1.29 is 4.79 Å². The number of urea groups is 1. The van der Waals surface area contributed by atoms with E-state index >= 15 is 0 Å². The molecule has 4 nitrogen and oxygen atoms in total. The standard InChI is InChI=1S/C18H27N3O/c22-18(19-12-15-6-2-1-3-7-15)20-13-16-10-11-21(14-16)17-8-4-5-9-17/h1-3,6-7,16-17H,4-5,8-14H2,(H2,19,20,22). The summed E-state index contributed by atoms with van der Waals surface area (Å²) in [6, 6.07) is 10.8. The van der Waals surface area contributed by atoms with Crippen molar-refractivity contribution in [3.8, 4) is 0 Å². The van der Waals surface area contributed by atoms with E-state index in [9.17, 15) is 4.79 Å². The van der Waals surface area contributed by atoms with Gasteiger partial charge in [0.1, 0.15) is 0 Å². The van der Waals surface area contributed by atoms with Crippen LogP contribution in [0.15, 0.2) is 30.3 Å². The first-order valence-electron chi connectivity index (χ1n) is 8.61. The minimum Gasteiger partial charge on any atom is -0.338 e. The van der Waals surface area contributed by atoms with E-state index < -0.39 is 0 Å². The zero-order valence-electron chi connectivity index (χ0n) is 13.3. The van der Waals surface area contributed by atoms with Crippen molar-refractivity contribution in [2.24, 2.45) is 5.92 Å². The molecule has 0 aromatic heterocycles. The lowest BCUT2D eigenvalue weighted by Crippen LogP contribution is -2.39. The molecule has 1 atom stereocenters. The quantitative estimate of drug-likeness (QED) is 0.878. The minimum atomic E-state index is -0.0526. The second kappa shape index (κ2) is 7.63. The van der Waals surface area contributed by atoms with E-state index in [4.69, 9.17) is 0 Å². The molecule has 120 valence electrons. The van der Waals surface area contributed by atoms with Gasteiger partial charge in [-0.1, -0.05) is 43.2 Å². The highest BCUT2D eigenvalue weighted by Gasteiger charge is 2.29. The molecule has 0 bridgehead atoms. The first-order valence-corrected chi connectivity index (χ1v) is 8.61. The summed E-state index contributed by atoms with van der Waals surface area (Å²) in [6.07, 6.45) is 6.75. The summed E-state index contributed by atoms with van der Waals surface area (Å²) in [5.41, 5.74) is 1.13. The molecule has 1 saturated carbocycles. The SMILES string of the molecule is O=C(NCc1ccccc1)NCC1CCN(C2CCCC2)C1. The topological polar surface area (TPSA) is 44.4 Å². The largest absolute Gasteiger partial charge is 0.338 e. The lowest BCUT2D eigenvalue weighted by molar-refractivity contribution is 0.230. The molecule has 2 fully saturated rings. The monoisotopic (exact) mass is 301 g/mol. The van der Waals surface area contributed by atoms with Crippen LogP contribution < -0.4 is 10.6 Å². The van der Waals surface area contributed by atoms with Crippen molar-refractivity contribution in [2.45, 2.75) is 44.7 Å². The Morgan fingerprint density at radius 3 is 2.64 bits per heavy atom. The number of amides is 2. The van der Waals surface area contributed by atoms with Gasteiger partial charge < -0.3 is 15.5 Å². The number of hydrogen-bond acceptors (Lipinski definition) is 2. The number of likely N-dealkylation sites (tertiary alicyclic amines) is 1. The van der Waals surface area contributed by atoms with Gasteiger partial charge in [0.15, 0.2) is 0 Å². The normalized spacial score (nSPS) is 22.8. The maximum atomic E-state index is 11.9. The van der Waals surface area contributed by atoms with Crippen molar-refractivity contribution in [3.63, 3.8) is 0 Å². The second-order valence-corrected chi connectivity index (χ2v) is 6.64. The van der Waals surface area contributed by atoms with Crippen LogP contribution in [0.5, 0.6) is 0 Å². The number of benzene rings is 1. The predicted octanol–water partition coefficient (Wildman–Crippen LogP) is 2.75. The molecule has 1 heterocycles. The lowest BCUT2D eigenvalue weighted by atomic mass is 10.1. The Morgan fingerprint density at radius 2 is 1.86 bits per heavy atom. The van der Waals surface area contributed by atoms with Crippen molar-refractivity contribution in [1.29, 1.82) is 0 Å². The molecular formula is C18H27N3O. The van der Waals surface area contributed by atoms with E-state index in [2.05, 4.69) is 15.5 Å². The molecule has 2 N–H and O–H groups in total. The zero-order valence-corrected chi connectivity index (χ0v) is 13.3. The predicted molar refractivity (Wildman–Crippen MR) is 88.6 cm³/mol. The molecule has 1 aromatic rings. The molecule has 4 heteroatoms. The maximum absolute atomic E-state index is 11.9. The van der Waals surface area contributed by atoms with Crippen LogP contribution in [0.25, 0.3) is 0 Å². The number of nitrogens with zero attached hydrogens (tertiary/aromatic N) is 1. The van der Waals surface area contributed by atoms with Gasteiger partial charge in [-0.3, -0.25) is 0 Å². The van der Waals surface area contributed by atoms with Crippen molar-refractivity contribution >= 4 is 6.03 Å². The van der Waals surface area contributed by atoms with Crippen molar-refractivity contribution in [3.05, 3.63) is 35.9 Å². The summed E-state index contributed by atoms with van der Waals surface area (Å²) >= 11 is 0. The number of carbonyl (C=O) groups excluding carboxylic acids is 1. The lowest BCUT2D eigenvalue weighted by Gasteiger charge is -2.23. The van der Waals surface area contributed by atoms with Gasteiger partial charge in [0.25, 0.3) is 0 Å². The number of hydrogen-bond donors (Lipinski definition) is 2. The van der Waals surface area contributed by atoms with Crippen LogP contribution >= 0.6 is 0 Å². The molecule has 2 amide bonds. The van der Waals surface area contributed by atoms with E-state index in [1.54, 1.807) is 0 Å². The smallest absolute Gasteiger partial charge is 0.315 e. The van der Waals surface area contributed by atoms with Crippen LogP contribution in [-0.4, -0.2) is 36.6 Å². The van der Waals surface area contributed by atoms with Gasteiger partial charge >= 0.3 is 6.03 Å². The molecule has 0 radical (unpaired) electrons. The summed E-state index contributed by atoms with van der Waals surface area (Å²) in [4.78, 5) is 14.5. The number of nitrogens with one attached hydrogen (secondary N) is 2. The molecule has 1 aromatic carbocycles. The van der Waals surface area contributed by atoms with Crippen LogP contribution in [0.1, 0.15) is 37.7 Å². The molecule has 1 aliphatic heterocycles. The molecule has 2 aliphatic rings. The molecule has 1 unspecified atom stereocenters. The summed E-state index contributed by atoms with van der Waals surface area (Å²) in [7, 11) is 0. The fraction of sp³-hybridized carbons (Fsp3) is 0.611. The van der Waals surface area contributed by atoms with Gasteiger partial charge in [0.05, 0.1) is 0 Å². The van der Waals surface area contributed by atoms with Gasteiger partial charge in [0.2, 0.25) is 0 Å². The Hall–Kier alpha value is -1.55. The Labute approximate surface area is 133 Å². The van der Waals surface area contributed by atoms with E-state index in [1.165, 1.54) is 38.6 Å². The van der Waals surface area contributed by atoms with Crippen LogP contribution in [-0.2, 0) is 6.54 Å². The first-order chi connectivity index (χ1) is 10.8. The van der Waals surface area contributed by atoms with Gasteiger partial charge in [-0.25, -0.2) is 4.79 Å². The summed E-state index contributed by atoms with van der Waals surface area (Å²) in [5, 5.41) is 5.95. The Balaban J connectivity index is 1.33. The third-order valence-corrected chi connectivity index (χ3v) is 5.01. The van der Waals surface area contributed by atoms with Crippen LogP contribution in [0.2, 0.25) is 0 Å². The van der Waals surface area contributed by atoms with Crippen molar-refractivity contribution in [1.82, 2.24) is 15.5 Å². The fourth-order valence-corrected chi connectivity index (χ4v) is 3.71. The van der Waals surface area contributed by atoms with E-state index in [-0.39, 0.29) is 6.03 Å². The third-order valence-electron chi connectivity index (χ3n) is 5.01. The van der Waals surface area contributed by atoms with Crippen LogP contribution in [0.3, 0.4) is 0 Å². The van der Waals surface area contributed by atoms with Gasteiger partial charge in [-0.05, 0) is 37.3 Å². The third kappa shape index (κ3) is 4.23. The molecule has 0 spiro atoms. The molecule has 22 heavy (non-hydrogen) atoms. The second-order valence-electron chi connectivity index (χ2n) is 6.64. The fourth-order valence-electron chi connectivity index (χ4n) is 3.71. The van der Waals surface area contributed by atoms with Gasteiger partial charge in [-0.2, -0.15) is 0 Å². The summed E-state index contributed by atoms with van der Waals surface area (Å²) < 4.78 is 0. The van der Waals surface area contributed by atoms with Gasteiger partial charge in [-0.15, -0.1) is 0 Å². The molecule has 3 rings (SSSR count). The zero-order chi connectivity index (χ0) is 15.2. The first kappa shape index (κ1) is 15.3. The molecule has 1 aliphatic carbocycles. The molecular weight excluding hydrogens is 274 g/mol. The highest BCUT2D eigenvalue weighted by atomic mass is 16.2. The van der Waals surface area contributed by atoms with Crippen LogP contribution in [0, 0.1) is 5.92 Å². The molecule has 1 saturated heterocycles. The average Bonchev–Trinajstić information content (AvgIpc) is 3.22. The highest BCUT2D eigenvalue weighted by molar-refractivity contribution is 5.73. The van der Waals surface area contributed by atoms with E-state index in [1.807, 2.05) is 30.3 Å². The van der Waals surface area contributed by atoms with E-state index in [0.29, 0.717) is 12.5 Å². The van der Waals surface area contributed by atoms with Gasteiger partial charge in [0, 0.05) is 25.7 Å². The number of rotatable bonds is 5. The summed E-state index contributed by atoms with van der Waals surface area (Å²) in [5.74, 6) is 0.614. The van der Waals surface area contributed by atoms with Crippen LogP contribution in [0.4, 0.5) is 4.79 Å².